The van der Waals surface area contributed by atoms with Gasteiger partial charge < -0.3 is 14.9 Å². The lowest BCUT2D eigenvalue weighted by Gasteiger charge is -2.21. The van der Waals surface area contributed by atoms with Crippen LogP contribution in [0.25, 0.3) is 0 Å². The van der Waals surface area contributed by atoms with Gasteiger partial charge in [-0.05, 0) is 80.0 Å². The van der Waals surface area contributed by atoms with E-state index in [9.17, 15) is 9.90 Å². The van der Waals surface area contributed by atoms with Crippen LogP contribution in [0.3, 0.4) is 0 Å². The molecule has 0 amide bonds. The van der Waals surface area contributed by atoms with Crippen LogP contribution in [0.15, 0.2) is 30.4 Å². The average molecular weight is 393 g/mol. The molecular formula is C22H29ClO4. The number of carboxylic acid groups (broad SMARTS) is 1. The van der Waals surface area contributed by atoms with Crippen LogP contribution in [0.4, 0.5) is 0 Å². The Hall–Kier alpha value is -1.52. The molecule has 0 bridgehead atoms. The van der Waals surface area contributed by atoms with Gasteiger partial charge in [-0.15, -0.1) is 11.6 Å². The summed E-state index contributed by atoms with van der Waals surface area (Å²) in [6.07, 6.45) is 10.3. The molecule has 4 nitrogen and oxygen atoms in total. The van der Waals surface area contributed by atoms with Gasteiger partial charge in [0.2, 0.25) is 0 Å². The molecule has 4 atom stereocenters. The number of allylic oxidation sites excluding steroid dienone is 2. The molecular weight excluding hydrogens is 364 g/mol. The highest BCUT2D eigenvalue weighted by Crippen LogP contribution is 2.39. The zero-order valence-corrected chi connectivity index (χ0v) is 16.4. The van der Waals surface area contributed by atoms with E-state index in [0.717, 1.165) is 49.8 Å². The highest BCUT2D eigenvalue weighted by atomic mass is 35.5. The molecule has 1 aromatic carbocycles. The maximum absolute atomic E-state index is 10.5. The van der Waals surface area contributed by atoms with Crippen LogP contribution in [-0.2, 0) is 11.2 Å². The number of fused-ring (bicyclic) bond motifs is 1. The maximum Gasteiger partial charge on any atom is 0.303 e. The SMILES string of the molecule is O=C(O)CCC/C=C\C[C@H]1C(Cl)CC[C@@H]1COc1ccc2c(c1)CCC2O. The van der Waals surface area contributed by atoms with Crippen molar-refractivity contribution < 1.29 is 19.7 Å². The summed E-state index contributed by atoms with van der Waals surface area (Å²) in [4.78, 5) is 10.5. The lowest BCUT2D eigenvalue weighted by atomic mass is 9.93. The minimum absolute atomic E-state index is 0.178. The van der Waals surface area contributed by atoms with Gasteiger partial charge in [-0.3, -0.25) is 4.79 Å². The van der Waals surface area contributed by atoms with Gasteiger partial charge >= 0.3 is 5.97 Å². The Morgan fingerprint density at radius 3 is 2.93 bits per heavy atom. The van der Waals surface area contributed by atoms with E-state index in [1.807, 2.05) is 12.1 Å². The molecule has 2 unspecified atom stereocenters. The summed E-state index contributed by atoms with van der Waals surface area (Å²) in [6, 6.07) is 6.01. The zero-order valence-electron chi connectivity index (χ0n) is 15.6. The van der Waals surface area contributed by atoms with Crippen molar-refractivity contribution in [3.05, 3.63) is 41.5 Å². The van der Waals surface area contributed by atoms with Gasteiger partial charge in [0.05, 0.1) is 12.7 Å². The molecule has 2 N–H and O–H groups in total. The Balaban J connectivity index is 1.47. The number of hydrogen-bond donors (Lipinski definition) is 2. The van der Waals surface area contributed by atoms with Gasteiger partial charge in [0.25, 0.3) is 0 Å². The van der Waals surface area contributed by atoms with Crippen molar-refractivity contribution in [2.45, 2.75) is 62.8 Å². The van der Waals surface area contributed by atoms with E-state index in [4.69, 9.17) is 21.4 Å². The van der Waals surface area contributed by atoms with Crippen molar-refractivity contribution in [3.63, 3.8) is 0 Å². The first-order chi connectivity index (χ1) is 13.0. The molecule has 2 aliphatic rings. The molecule has 0 radical (unpaired) electrons. The Kier molecular flexibility index (Phi) is 7.20. The van der Waals surface area contributed by atoms with Crippen molar-refractivity contribution in [3.8, 4) is 5.75 Å². The number of hydrogen-bond acceptors (Lipinski definition) is 3. The van der Waals surface area contributed by atoms with Crippen LogP contribution in [0.2, 0.25) is 0 Å². The van der Waals surface area contributed by atoms with Crippen LogP contribution in [0, 0.1) is 11.8 Å². The van der Waals surface area contributed by atoms with E-state index in [1.165, 1.54) is 5.56 Å². The molecule has 148 valence electrons. The van der Waals surface area contributed by atoms with E-state index in [0.29, 0.717) is 24.9 Å². The standard InChI is InChI=1S/C22H29ClO4/c23-20-11-7-16(18(20)5-3-1-2-4-6-22(25)26)14-27-17-9-10-19-15(13-17)8-12-21(19)24/h1,3,9-10,13,16,18,20-21,24H,2,4-8,11-12,14H2,(H,25,26)/b3-1-/t16-,18-,20?,21?/m1/s1. The van der Waals surface area contributed by atoms with Gasteiger partial charge in [0, 0.05) is 11.8 Å². The number of aryl methyl sites for hydroxylation is 1. The number of aliphatic carboxylic acids is 1. The lowest BCUT2D eigenvalue weighted by molar-refractivity contribution is -0.137. The first kappa shape index (κ1) is 20.2. The summed E-state index contributed by atoms with van der Waals surface area (Å²) in [6.45, 7) is 0.669. The molecule has 0 aliphatic heterocycles. The monoisotopic (exact) mass is 392 g/mol. The first-order valence-corrected chi connectivity index (χ1v) is 10.4. The largest absolute Gasteiger partial charge is 0.493 e. The Labute approximate surface area is 166 Å². The van der Waals surface area contributed by atoms with Crippen LogP contribution in [0.1, 0.15) is 62.2 Å². The van der Waals surface area contributed by atoms with Crippen LogP contribution in [-0.4, -0.2) is 28.2 Å². The Morgan fingerprint density at radius 1 is 1.26 bits per heavy atom. The lowest BCUT2D eigenvalue weighted by Crippen LogP contribution is -2.20. The van der Waals surface area contributed by atoms with Gasteiger partial charge in [-0.1, -0.05) is 18.2 Å². The fraction of sp³-hybridized carbons (Fsp3) is 0.591. The second kappa shape index (κ2) is 9.61. The second-order valence-electron chi connectivity index (χ2n) is 7.74. The van der Waals surface area contributed by atoms with Crippen LogP contribution < -0.4 is 4.74 Å². The predicted octanol–water partition coefficient (Wildman–Crippen LogP) is 4.88. The molecule has 2 aliphatic carbocycles. The Morgan fingerprint density at radius 2 is 2.11 bits per heavy atom. The van der Waals surface area contributed by atoms with Crippen LogP contribution in [0.5, 0.6) is 5.75 Å². The first-order valence-electron chi connectivity index (χ1n) is 9.99. The summed E-state index contributed by atoms with van der Waals surface area (Å²) in [5, 5.41) is 18.8. The summed E-state index contributed by atoms with van der Waals surface area (Å²) in [7, 11) is 0. The Bertz CT molecular complexity index is 672. The summed E-state index contributed by atoms with van der Waals surface area (Å²) < 4.78 is 6.07. The number of aliphatic hydroxyl groups excluding tert-OH is 1. The molecule has 1 fully saturated rings. The van der Waals surface area contributed by atoms with E-state index in [2.05, 4.69) is 18.2 Å². The molecule has 1 aromatic rings. The molecule has 5 heteroatoms. The highest BCUT2D eigenvalue weighted by Gasteiger charge is 2.34. The maximum atomic E-state index is 10.5. The highest BCUT2D eigenvalue weighted by molar-refractivity contribution is 6.21. The number of benzene rings is 1. The fourth-order valence-electron chi connectivity index (χ4n) is 4.25. The van der Waals surface area contributed by atoms with Gasteiger partial charge in [0.15, 0.2) is 0 Å². The molecule has 1 saturated carbocycles. The quantitative estimate of drug-likeness (QED) is 0.357. The zero-order chi connectivity index (χ0) is 19.2. The third-order valence-electron chi connectivity index (χ3n) is 5.84. The van der Waals surface area contributed by atoms with Crippen molar-refractivity contribution in [1.82, 2.24) is 0 Å². The van der Waals surface area contributed by atoms with Gasteiger partial charge in [-0.2, -0.15) is 0 Å². The number of carboxylic acids is 1. The number of aliphatic hydroxyl groups is 1. The molecule has 0 aromatic heterocycles. The third kappa shape index (κ3) is 5.49. The number of ether oxygens (including phenoxy) is 1. The topological polar surface area (TPSA) is 66.8 Å². The normalized spacial score (nSPS) is 27.2. The summed E-state index contributed by atoms with van der Waals surface area (Å²) in [5.41, 5.74) is 2.23. The predicted molar refractivity (Wildman–Crippen MR) is 106 cm³/mol. The molecule has 0 heterocycles. The summed E-state index contributed by atoms with van der Waals surface area (Å²) in [5.74, 6) is 0.982. The van der Waals surface area contributed by atoms with Crippen molar-refractivity contribution in [2.75, 3.05) is 6.61 Å². The van der Waals surface area contributed by atoms with Gasteiger partial charge in [0.1, 0.15) is 5.75 Å². The number of alkyl halides is 1. The van der Waals surface area contributed by atoms with Crippen molar-refractivity contribution in [2.24, 2.45) is 11.8 Å². The smallest absolute Gasteiger partial charge is 0.303 e. The average Bonchev–Trinajstić information content (AvgIpc) is 3.19. The van der Waals surface area contributed by atoms with Crippen molar-refractivity contribution in [1.29, 1.82) is 0 Å². The molecule has 0 saturated heterocycles. The van der Waals surface area contributed by atoms with E-state index < -0.39 is 5.97 Å². The number of carbonyl (C=O) groups is 1. The minimum atomic E-state index is -0.738. The number of rotatable bonds is 9. The molecule has 27 heavy (non-hydrogen) atoms. The van der Waals surface area contributed by atoms with E-state index in [1.54, 1.807) is 0 Å². The molecule has 0 spiro atoms. The fourth-order valence-corrected chi connectivity index (χ4v) is 4.69. The minimum Gasteiger partial charge on any atom is -0.493 e. The van der Waals surface area contributed by atoms with E-state index in [-0.39, 0.29) is 17.9 Å². The number of unbranched alkanes of at least 4 members (excludes halogenated alkanes) is 1. The van der Waals surface area contributed by atoms with Crippen LogP contribution >= 0.6 is 11.6 Å². The molecule has 3 rings (SSSR count). The third-order valence-corrected chi connectivity index (χ3v) is 6.39. The van der Waals surface area contributed by atoms with E-state index >= 15 is 0 Å². The summed E-state index contributed by atoms with van der Waals surface area (Å²) >= 11 is 6.53. The second-order valence-corrected chi connectivity index (χ2v) is 8.30. The van der Waals surface area contributed by atoms with Crippen molar-refractivity contribution >= 4 is 17.6 Å². The number of halogens is 1. The van der Waals surface area contributed by atoms with Gasteiger partial charge in [-0.25, -0.2) is 0 Å².